The number of carboxylic acid groups (broad SMARTS) is 1. The van der Waals surface area contributed by atoms with Crippen LogP contribution in [0.1, 0.15) is 36.5 Å². The molecule has 0 aliphatic carbocycles. The molecule has 4 heteroatoms. The van der Waals surface area contributed by atoms with Crippen molar-refractivity contribution in [2.24, 2.45) is 0 Å². The Labute approximate surface area is 108 Å². The zero-order valence-electron chi connectivity index (χ0n) is 10.8. The molecular formula is C14H22O4. The summed E-state index contributed by atoms with van der Waals surface area (Å²) in [6.45, 7) is 3.59. The fourth-order valence-electron chi connectivity index (χ4n) is 1.20. The van der Waals surface area contributed by atoms with E-state index in [0.717, 1.165) is 13.0 Å². The van der Waals surface area contributed by atoms with Crippen LogP contribution < -0.4 is 0 Å². The van der Waals surface area contributed by atoms with Gasteiger partial charge in [-0.05, 0) is 18.6 Å². The summed E-state index contributed by atoms with van der Waals surface area (Å²) in [4.78, 5) is 10.2. The lowest BCUT2D eigenvalue weighted by atomic mass is 10.2. The van der Waals surface area contributed by atoms with Gasteiger partial charge in [-0.2, -0.15) is 0 Å². The Morgan fingerprint density at radius 1 is 1.17 bits per heavy atom. The van der Waals surface area contributed by atoms with E-state index in [1.165, 1.54) is 12.8 Å². The van der Waals surface area contributed by atoms with Gasteiger partial charge in [0, 0.05) is 6.61 Å². The average molecular weight is 254 g/mol. The third kappa shape index (κ3) is 9.81. The van der Waals surface area contributed by atoms with E-state index in [2.05, 4.69) is 6.92 Å². The van der Waals surface area contributed by atoms with Crippen LogP contribution in [0.4, 0.5) is 0 Å². The molecule has 0 amide bonds. The number of ether oxygens (including phenoxy) is 1. The van der Waals surface area contributed by atoms with Gasteiger partial charge in [-0.25, -0.2) is 4.79 Å². The van der Waals surface area contributed by atoms with Gasteiger partial charge in [0.05, 0.1) is 18.8 Å². The van der Waals surface area contributed by atoms with Crippen molar-refractivity contribution < 1.29 is 19.7 Å². The van der Waals surface area contributed by atoms with Crippen LogP contribution in [0.25, 0.3) is 0 Å². The Bertz CT molecular complexity index is 292. The van der Waals surface area contributed by atoms with Gasteiger partial charge in [0.1, 0.15) is 0 Å². The van der Waals surface area contributed by atoms with Crippen LogP contribution in [-0.4, -0.2) is 36.0 Å². The number of aliphatic hydroxyl groups excluding tert-OH is 1. The first-order valence-corrected chi connectivity index (χ1v) is 6.19. The van der Waals surface area contributed by atoms with Crippen molar-refractivity contribution in [2.45, 2.75) is 26.2 Å². The number of carboxylic acids is 1. The van der Waals surface area contributed by atoms with Gasteiger partial charge in [-0.3, -0.25) is 0 Å². The van der Waals surface area contributed by atoms with Crippen molar-refractivity contribution in [3.63, 3.8) is 0 Å². The molecule has 1 rings (SSSR count). The number of unbranched alkanes of at least 4 members (excludes halogenated alkanes) is 2. The summed E-state index contributed by atoms with van der Waals surface area (Å²) in [7, 11) is 0. The van der Waals surface area contributed by atoms with Crippen LogP contribution in [0, 0.1) is 0 Å². The predicted octanol–water partition coefficient (Wildman–Crippen LogP) is 2.57. The number of carbonyl (C=O) groups is 1. The molecule has 0 heterocycles. The van der Waals surface area contributed by atoms with Gasteiger partial charge in [-0.15, -0.1) is 0 Å². The molecule has 0 aliphatic rings. The summed E-state index contributed by atoms with van der Waals surface area (Å²) in [5.41, 5.74) is 0.331. The van der Waals surface area contributed by atoms with E-state index in [0.29, 0.717) is 12.2 Å². The van der Waals surface area contributed by atoms with Crippen molar-refractivity contribution in [3.05, 3.63) is 35.9 Å². The first-order valence-electron chi connectivity index (χ1n) is 6.19. The van der Waals surface area contributed by atoms with Gasteiger partial charge in [0.2, 0.25) is 0 Å². The first kappa shape index (κ1) is 16.6. The molecule has 0 unspecified atom stereocenters. The third-order valence-electron chi connectivity index (χ3n) is 2.15. The van der Waals surface area contributed by atoms with Crippen molar-refractivity contribution in [1.29, 1.82) is 0 Å². The second kappa shape index (κ2) is 12.1. The summed E-state index contributed by atoms with van der Waals surface area (Å²) in [6.07, 6.45) is 3.57. The summed E-state index contributed by atoms with van der Waals surface area (Å²) < 4.78 is 5.03. The largest absolute Gasteiger partial charge is 0.478 e. The molecule has 18 heavy (non-hydrogen) atoms. The maximum atomic E-state index is 10.2. The first-order chi connectivity index (χ1) is 8.72. The molecule has 0 atom stereocenters. The number of rotatable bonds is 7. The monoisotopic (exact) mass is 254 g/mol. The number of aliphatic hydroxyl groups is 1. The van der Waals surface area contributed by atoms with Crippen LogP contribution in [0.15, 0.2) is 30.3 Å². The highest BCUT2D eigenvalue weighted by molar-refractivity contribution is 5.87. The number of hydrogen-bond acceptors (Lipinski definition) is 3. The number of aromatic carboxylic acids is 1. The molecule has 102 valence electrons. The molecule has 0 spiro atoms. The quantitative estimate of drug-likeness (QED) is 0.734. The fraction of sp³-hybridized carbons (Fsp3) is 0.500. The average Bonchev–Trinajstić information content (AvgIpc) is 2.40. The molecule has 0 radical (unpaired) electrons. The van der Waals surface area contributed by atoms with Gasteiger partial charge >= 0.3 is 5.97 Å². The summed E-state index contributed by atoms with van der Waals surface area (Å²) in [6, 6.07) is 8.30. The maximum absolute atomic E-state index is 10.2. The lowest BCUT2D eigenvalue weighted by molar-refractivity contribution is 0.0697. The smallest absolute Gasteiger partial charge is 0.335 e. The highest BCUT2D eigenvalue weighted by Gasteiger charge is 1.96. The number of hydrogen-bond donors (Lipinski definition) is 2. The Kier molecular flexibility index (Phi) is 11.1. The molecule has 0 fully saturated rings. The van der Waals surface area contributed by atoms with Crippen molar-refractivity contribution in [3.8, 4) is 0 Å². The lowest BCUT2D eigenvalue weighted by Gasteiger charge is -1.98. The molecule has 2 N–H and O–H groups in total. The molecule has 1 aromatic carbocycles. The lowest BCUT2D eigenvalue weighted by Crippen LogP contribution is -2.00. The zero-order valence-corrected chi connectivity index (χ0v) is 10.8. The molecule has 0 aliphatic heterocycles. The summed E-state index contributed by atoms with van der Waals surface area (Å²) in [5, 5.41) is 16.7. The van der Waals surface area contributed by atoms with Crippen LogP contribution >= 0.6 is 0 Å². The minimum atomic E-state index is -0.879. The van der Waals surface area contributed by atoms with Crippen LogP contribution in [0.5, 0.6) is 0 Å². The molecule has 1 aromatic rings. The normalized spacial score (nSPS) is 9.44. The number of benzene rings is 1. The Morgan fingerprint density at radius 3 is 2.28 bits per heavy atom. The molecule has 0 saturated carbocycles. The van der Waals surface area contributed by atoms with Crippen LogP contribution in [0.2, 0.25) is 0 Å². The highest BCUT2D eigenvalue weighted by atomic mass is 16.5. The Morgan fingerprint density at radius 2 is 1.83 bits per heavy atom. The van der Waals surface area contributed by atoms with E-state index in [1.807, 2.05) is 0 Å². The van der Waals surface area contributed by atoms with Crippen molar-refractivity contribution >= 4 is 5.97 Å². The Hall–Kier alpha value is -1.39. The van der Waals surface area contributed by atoms with Gasteiger partial charge in [0.25, 0.3) is 0 Å². The SMILES string of the molecule is CCCCCOCCO.O=C(O)c1ccccc1. The van der Waals surface area contributed by atoms with Gasteiger partial charge in [-0.1, -0.05) is 38.0 Å². The van der Waals surface area contributed by atoms with E-state index in [4.69, 9.17) is 14.9 Å². The molecule has 4 nitrogen and oxygen atoms in total. The van der Waals surface area contributed by atoms with E-state index in [9.17, 15) is 4.79 Å². The summed E-state index contributed by atoms with van der Waals surface area (Å²) in [5.74, 6) is -0.879. The van der Waals surface area contributed by atoms with Crippen LogP contribution in [-0.2, 0) is 4.74 Å². The second-order valence-electron chi connectivity index (χ2n) is 3.71. The van der Waals surface area contributed by atoms with Crippen LogP contribution in [0.3, 0.4) is 0 Å². The minimum absolute atomic E-state index is 0.145. The topological polar surface area (TPSA) is 66.8 Å². The van der Waals surface area contributed by atoms with Crippen molar-refractivity contribution in [1.82, 2.24) is 0 Å². The van der Waals surface area contributed by atoms with E-state index >= 15 is 0 Å². The standard InChI is InChI=1S/C7H6O2.C7H16O2/c8-7(9)6-4-2-1-3-5-6;1-2-3-4-6-9-7-5-8/h1-5H,(H,8,9);8H,2-7H2,1H3. The van der Waals surface area contributed by atoms with E-state index in [1.54, 1.807) is 30.3 Å². The van der Waals surface area contributed by atoms with E-state index in [-0.39, 0.29) is 6.61 Å². The Balaban J connectivity index is 0.000000321. The zero-order chi connectivity index (χ0) is 13.6. The molecule has 0 aromatic heterocycles. The van der Waals surface area contributed by atoms with Crippen molar-refractivity contribution in [2.75, 3.05) is 19.8 Å². The molecule has 0 bridgehead atoms. The molecule has 0 saturated heterocycles. The second-order valence-corrected chi connectivity index (χ2v) is 3.71. The predicted molar refractivity (Wildman–Crippen MR) is 70.8 cm³/mol. The van der Waals surface area contributed by atoms with Gasteiger partial charge in [0.15, 0.2) is 0 Å². The molecular weight excluding hydrogens is 232 g/mol. The third-order valence-corrected chi connectivity index (χ3v) is 2.15. The fourth-order valence-corrected chi connectivity index (χ4v) is 1.20. The van der Waals surface area contributed by atoms with E-state index < -0.39 is 5.97 Å². The maximum Gasteiger partial charge on any atom is 0.335 e. The highest BCUT2D eigenvalue weighted by Crippen LogP contribution is 1.96. The summed E-state index contributed by atoms with van der Waals surface area (Å²) >= 11 is 0. The minimum Gasteiger partial charge on any atom is -0.478 e. The van der Waals surface area contributed by atoms with Gasteiger partial charge < -0.3 is 14.9 Å².